The van der Waals surface area contributed by atoms with Crippen LogP contribution in [0.1, 0.15) is 26.7 Å². The van der Waals surface area contributed by atoms with Crippen molar-refractivity contribution in [1.29, 1.82) is 0 Å². The topological polar surface area (TPSA) is 109 Å². The van der Waals surface area contributed by atoms with Gasteiger partial charge in [-0.25, -0.2) is 0 Å². The minimum Gasteiger partial charge on any atom is -0.279 e. The molecule has 0 radical (unpaired) electrons. The smallest absolute Gasteiger partial charge is 0.279 e. The minimum atomic E-state index is -5.84. The molecule has 0 aliphatic heterocycles. The molecule has 0 saturated carbocycles. The molecule has 2 N–H and O–H groups in total. The Morgan fingerprint density at radius 1 is 0.818 bits per heavy atom. The van der Waals surface area contributed by atoms with Crippen molar-refractivity contribution in [3.05, 3.63) is 43.0 Å². The van der Waals surface area contributed by atoms with Gasteiger partial charge in [0, 0.05) is 0 Å². The summed E-state index contributed by atoms with van der Waals surface area (Å²) >= 11 is -2.36. The van der Waals surface area contributed by atoms with Gasteiger partial charge >= 0.3 is 141 Å². The number of hydrogen-bond donors (Lipinski definition) is 2. The molecule has 0 aromatic heterocycles. The summed E-state index contributed by atoms with van der Waals surface area (Å²) in [4.78, 5) is 0. The molecule has 0 spiro atoms. The largest absolute Gasteiger partial charge is 0.522 e. The normalized spacial score (nSPS) is 15.8. The van der Waals surface area contributed by atoms with E-state index in [1.807, 2.05) is 6.56 Å². The third-order valence-corrected chi connectivity index (χ3v) is 35.3. The number of allylic oxidation sites excluding steroid dienone is 8. The van der Waals surface area contributed by atoms with Gasteiger partial charge in [-0.1, -0.05) is 0 Å². The second-order valence-corrected chi connectivity index (χ2v) is 33.2. The Morgan fingerprint density at radius 2 is 1.09 bits per heavy atom. The fraction of sp³-hybridized carbons (Fsp3) is 0.471. The molecule has 0 saturated heterocycles. The molecule has 0 heterocycles. The second kappa shape index (κ2) is 11.8. The van der Waals surface area contributed by atoms with Crippen LogP contribution in [-0.2, 0) is 38.6 Å². The predicted molar refractivity (Wildman–Crippen MR) is 113 cm³/mol. The zero-order valence-corrected chi connectivity index (χ0v) is 23.1. The molecule has 190 valence electrons. The van der Waals surface area contributed by atoms with E-state index >= 15 is 0 Å². The van der Waals surface area contributed by atoms with Crippen molar-refractivity contribution in [3.63, 3.8) is 0 Å². The Balaban J connectivity index is 0.000000539. The minimum absolute atomic E-state index is 0.241. The molecule has 0 atom stereocenters. The van der Waals surface area contributed by atoms with Gasteiger partial charge in [-0.3, -0.25) is 9.11 Å². The van der Waals surface area contributed by atoms with Crippen molar-refractivity contribution in [2.24, 2.45) is 0 Å². The van der Waals surface area contributed by atoms with Crippen LogP contribution < -0.4 is 0 Å². The summed E-state index contributed by atoms with van der Waals surface area (Å²) in [6.07, 6.45) is 16.6. The van der Waals surface area contributed by atoms with Crippen molar-refractivity contribution in [3.8, 4) is 0 Å². The van der Waals surface area contributed by atoms with Crippen LogP contribution in [0.5, 0.6) is 0 Å². The SMILES string of the molecule is C[C](C)=[Zr]([C]1=CC=CC1)([C]1=CC=CC1)=[Si](C)C.O=S(=O)(O)C(F)(F)F.O=S(=O)(O)C(F)(F)F. The van der Waals surface area contributed by atoms with Gasteiger partial charge in [0.1, 0.15) is 0 Å². The molecule has 0 fully saturated rings. The van der Waals surface area contributed by atoms with E-state index in [-0.39, 0.29) is 5.43 Å². The van der Waals surface area contributed by atoms with Crippen molar-refractivity contribution < 1.29 is 70.7 Å². The summed E-state index contributed by atoms with van der Waals surface area (Å²) in [5, 5.41) is 0. The van der Waals surface area contributed by atoms with Crippen LogP contribution in [0.2, 0.25) is 13.1 Å². The molecule has 33 heavy (non-hydrogen) atoms. The zero-order valence-electron chi connectivity index (χ0n) is 18.0. The molecule has 0 aromatic carbocycles. The molecular formula is C17H24F6O6S2SiZr. The van der Waals surface area contributed by atoms with E-state index in [2.05, 4.69) is 63.4 Å². The Morgan fingerprint density at radius 3 is 1.21 bits per heavy atom. The van der Waals surface area contributed by atoms with Crippen LogP contribution >= 0.6 is 0 Å². The van der Waals surface area contributed by atoms with E-state index in [0.29, 0.717) is 0 Å². The number of hydrogen-bond acceptors (Lipinski definition) is 4. The van der Waals surface area contributed by atoms with E-state index in [0.717, 1.165) is 0 Å². The third kappa shape index (κ3) is 8.80. The fourth-order valence-electron chi connectivity index (χ4n) is 3.44. The summed E-state index contributed by atoms with van der Waals surface area (Å²) in [6, 6.07) is 0. The monoisotopic (exact) mass is 620 g/mol. The van der Waals surface area contributed by atoms with E-state index < -0.39 is 49.7 Å². The van der Waals surface area contributed by atoms with Crippen LogP contribution in [0.4, 0.5) is 26.3 Å². The fourth-order valence-corrected chi connectivity index (χ4v) is 32.7. The molecule has 6 nitrogen and oxygen atoms in total. The molecule has 0 unspecified atom stereocenters. The molecule has 16 heteroatoms. The quantitative estimate of drug-likeness (QED) is 0.193. The van der Waals surface area contributed by atoms with Crippen molar-refractivity contribution >= 4 is 28.9 Å². The first-order valence-corrected chi connectivity index (χ1v) is 21.8. The number of rotatable bonds is 2. The van der Waals surface area contributed by atoms with Crippen LogP contribution in [0.25, 0.3) is 0 Å². The van der Waals surface area contributed by atoms with Crippen LogP contribution in [0.3, 0.4) is 0 Å². The predicted octanol–water partition coefficient (Wildman–Crippen LogP) is 5.08. The molecule has 0 aromatic rings. The van der Waals surface area contributed by atoms with Gasteiger partial charge in [0.15, 0.2) is 0 Å². The van der Waals surface area contributed by atoms with E-state index in [9.17, 15) is 26.3 Å². The van der Waals surface area contributed by atoms with Crippen LogP contribution in [0, 0.1) is 0 Å². The zero-order chi connectivity index (χ0) is 26.5. The molecule has 0 bridgehead atoms. The first-order valence-electron chi connectivity index (χ1n) is 9.01. The average Bonchev–Trinajstić information content (AvgIpc) is 3.26. The molecule has 2 aliphatic rings. The standard InChI is InChI=1S/2C5H5.C3H6.C2H6Si.2CHF3O3S.Zr/c2*1-2-4-5-3-1;2*1-3-2;2*2-1(3,4)8(5,6)7;/h2*1-3H,4H2;2*1-2H3;2*(H,5,6,7);. The Kier molecular flexibility index (Phi) is 11.6. The Bertz CT molecular complexity index is 1090. The Hall–Kier alpha value is -0.670. The van der Waals surface area contributed by atoms with Gasteiger partial charge in [-0.2, -0.15) is 43.2 Å². The van der Waals surface area contributed by atoms with Crippen molar-refractivity contribution in [2.45, 2.75) is 50.8 Å². The van der Waals surface area contributed by atoms with E-state index in [4.69, 9.17) is 25.9 Å². The summed E-state index contributed by atoms with van der Waals surface area (Å²) in [7, 11) is -11.7. The molecular weight excluding hydrogens is 598 g/mol. The van der Waals surface area contributed by atoms with Gasteiger partial charge in [-0.15, -0.1) is 0 Å². The van der Waals surface area contributed by atoms with Crippen molar-refractivity contribution in [2.75, 3.05) is 0 Å². The van der Waals surface area contributed by atoms with Gasteiger partial charge in [0.05, 0.1) is 0 Å². The second-order valence-electron chi connectivity index (χ2n) is 7.24. The van der Waals surface area contributed by atoms with Gasteiger partial charge < -0.3 is 0 Å². The maximum Gasteiger partial charge on any atom is 0.522 e. The first kappa shape index (κ1) is 32.3. The van der Waals surface area contributed by atoms with Gasteiger partial charge in [0.25, 0.3) is 0 Å². The van der Waals surface area contributed by atoms with Gasteiger partial charge in [0.2, 0.25) is 0 Å². The molecule has 2 aliphatic carbocycles. The molecule has 2 rings (SSSR count). The summed E-state index contributed by atoms with van der Waals surface area (Å²) in [6.45, 7) is 9.91. The third-order valence-electron chi connectivity index (χ3n) is 4.59. The van der Waals surface area contributed by atoms with Crippen LogP contribution in [0.15, 0.2) is 43.0 Å². The number of alkyl halides is 6. The molecule has 0 amide bonds. The maximum absolute atomic E-state index is 10.7. The average molecular weight is 622 g/mol. The summed E-state index contributed by atoms with van der Waals surface area (Å²) < 4.78 is 121. The summed E-state index contributed by atoms with van der Waals surface area (Å²) in [5.41, 5.74) is -11.3. The number of halogens is 6. The Labute approximate surface area is 192 Å². The van der Waals surface area contributed by atoms with Crippen molar-refractivity contribution in [1.82, 2.24) is 0 Å². The van der Waals surface area contributed by atoms with E-state index in [1.165, 1.54) is 12.8 Å². The first-order chi connectivity index (χ1) is 14.6. The maximum atomic E-state index is 10.7. The van der Waals surface area contributed by atoms with E-state index in [1.54, 1.807) is 3.21 Å². The van der Waals surface area contributed by atoms with Gasteiger partial charge in [-0.05, 0) is 0 Å². The summed E-state index contributed by atoms with van der Waals surface area (Å²) in [5.74, 6) is 0. The van der Waals surface area contributed by atoms with Crippen LogP contribution in [-0.4, -0.2) is 45.6 Å².